The summed E-state index contributed by atoms with van der Waals surface area (Å²) in [5, 5.41) is 3.55. The van der Waals surface area contributed by atoms with Gasteiger partial charge in [0.1, 0.15) is 0 Å². The van der Waals surface area contributed by atoms with Crippen molar-refractivity contribution in [2.75, 3.05) is 64.3 Å². The maximum absolute atomic E-state index is 4.48. The average molecular weight is 374 g/mol. The first-order chi connectivity index (χ1) is 13.3. The molecule has 3 rings (SSSR count). The van der Waals surface area contributed by atoms with Crippen molar-refractivity contribution in [3.05, 3.63) is 18.5 Å². The number of unbranched alkanes of at least 4 members (excludes halogenated alkanes) is 1. The number of aromatic nitrogens is 2. The average Bonchev–Trinajstić information content (AvgIpc) is 2.72. The van der Waals surface area contributed by atoms with E-state index in [9.17, 15) is 0 Å². The second-order valence-corrected chi connectivity index (χ2v) is 7.75. The van der Waals surface area contributed by atoms with Crippen molar-refractivity contribution in [2.45, 2.75) is 32.6 Å². The van der Waals surface area contributed by atoms with E-state index in [0.717, 1.165) is 50.5 Å². The number of hydrogen-bond donors (Lipinski definition) is 1. The highest BCUT2D eigenvalue weighted by Crippen LogP contribution is 2.15. The maximum atomic E-state index is 4.48. The van der Waals surface area contributed by atoms with E-state index < -0.39 is 0 Å². The van der Waals surface area contributed by atoms with Crippen molar-refractivity contribution in [3.63, 3.8) is 0 Å². The molecule has 2 aliphatic rings. The van der Waals surface area contributed by atoms with Gasteiger partial charge in [0.05, 0.1) is 0 Å². The van der Waals surface area contributed by atoms with E-state index in [0.29, 0.717) is 0 Å². The van der Waals surface area contributed by atoms with Crippen LogP contribution in [0.15, 0.2) is 23.5 Å². The van der Waals surface area contributed by atoms with Crippen LogP contribution >= 0.6 is 0 Å². The summed E-state index contributed by atoms with van der Waals surface area (Å²) < 4.78 is 0. The molecule has 0 saturated carbocycles. The first-order valence-electron chi connectivity index (χ1n) is 10.5. The molecule has 7 nitrogen and oxygen atoms in total. The van der Waals surface area contributed by atoms with Gasteiger partial charge in [-0.1, -0.05) is 6.92 Å². The van der Waals surface area contributed by atoms with Crippen LogP contribution in [0.25, 0.3) is 0 Å². The lowest BCUT2D eigenvalue weighted by Crippen LogP contribution is -2.53. The number of piperidine rings is 1. The minimum Gasteiger partial charge on any atom is -0.356 e. The Morgan fingerprint density at radius 3 is 2.63 bits per heavy atom. The van der Waals surface area contributed by atoms with Crippen molar-refractivity contribution in [1.82, 2.24) is 25.1 Å². The van der Waals surface area contributed by atoms with Gasteiger partial charge in [-0.2, -0.15) is 0 Å². The molecule has 1 aromatic heterocycles. The molecular formula is C20H35N7. The van der Waals surface area contributed by atoms with E-state index in [4.69, 9.17) is 0 Å². The van der Waals surface area contributed by atoms with Gasteiger partial charge in [0, 0.05) is 58.7 Å². The van der Waals surface area contributed by atoms with Gasteiger partial charge in [-0.05, 0) is 50.8 Å². The van der Waals surface area contributed by atoms with Gasteiger partial charge < -0.3 is 20.0 Å². The van der Waals surface area contributed by atoms with Gasteiger partial charge in [-0.3, -0.25) is 4.99 Å². The number of hydrogen-bond acceptors (Lipinski definition) is 5. The van der Waals surface area contributed by atoms with Gasteiger partial charge >= 0.3 is 0 Å². The van der Waals surface area contributed by atoms with E-state index >= 15 is 0 Å². The highest BCUT2D eigenvalue weighted by molar-refractivity contribution is 5.80. The molecule has 2 aliphatic heterocycles. The van der Waals surface area contributed by atoms with Crippen LogP contribution in [-0.2, 0) is 0 Å². The molecule has 2 saturated heterocycles. The van der Waals surface area contributed by atoms with Crippen LogP contribution in [0.2, 0.25) is 0 Å². The minimum atomic E-state index is 0.826. The van der Waals surface area contributed by atoms with Crippen molar-refractivity contribution >= 4 is 11.9 Å². The lowest BCUT2D eigenvalue weighted by molar-refractivity contribution is 0.181. The summed E-state index contributed by atoms with van der Waals surface area (Å²) in [5.41, 5.74) is 0. The van der Waals surface area contributed by atoms with Crippen LogP contribution < -0.4 is 10.2 Å². The quantitative estimate of drug-likeness (QED) is 0.465. The summed E-state index contributed by atoms with van der Waals surface area (Å²) in [4.78, 5) is 20.4. The molecule has 0 radical (unpaired) electrons. The molecule has 0 aromatic carbocycles. The van der Waals surface area contributed by atoms with Crippen LogP contribution in [0.4, 0.5) is 5.95 Å². The second-order valence-electron chi connectivity index (χ2n) is 7.75. The molecule has 1 unspecified atom stereocenters. The summed E-state index contributed by atoms with van der Waals surface area (Å²) in [5.74, 6) is 2.72. The molecule has 0 aliphatic carbocycles. The standard InChI is InChI=1S/C20H35N7/c1-18-7-5-12-25(17-18)11-4-3-8-22-19(21-2)26-13-15-27(16-14-26)20-23-9-6-10-24-20/h6,9-10,18H,3-5,7-8,11-17H2,1-2H3,(H,21,22). The molecule has 2 fully saturated rings. The summed E-state index contributed by atoms with van der Waals surface area (Å²) in [7, 11) is 1.88. The number of aliphatic imine (C=N–C) groups is 1. The Kier molecular flexibility index (Phi) is 7.68. The first-order valence-corrected chi connectivity index (χ1v) is 10.5. The van der Waals surface area contributed by atoms with Crippen LogP contribution in [0.5, 0.6) is 0 Å². The Morgan fingerprint density at radius 2 is 1.93 bits per heavy atom. The van der Waals surface area contributed by atoms with Crippen molar-refractivity contribution in [1.29, 1.82) is 0 Å². The molecule has 0 amide bonds. The Labute approximate surface area is 163 Å². The molecule has 0 bridgehead atoms. The van der Waals surface area contributed by atoms with Crippen LogP contribution in [0.3, 0.4) is 0 Å². The maximum Gasteiger partial charge on any atom is 0.225 e. The molecule has 3 heterocycles. The molecule has 27 heavy (non-hydrogen) atoms. The molecule has 1 N–H and O–H groups in total. The number of anilines is 1. The van der Waals surface area contributed by atoms with Crippen LogP contribution in [0, 0.1) is 5.92 Å². The first kappa shape index (κ1) is 19.9. The number of piperazine rings is 1. The van der Waals surface area contributed by atoms with E-state index in [1.165, 1.54) is 45.3 Å². The van der Waals surface area contributed by atoms with Crippen molar-refractivity contribution in [3.8, 4) is 0 Å². The van der Waals surface area contributed by atoms with E-state index in [1.54, 1.807) is 12.4 Å². The molecule has 1 aromatic rings. The zero-order valence-corrected chi connectivity index (χ0v) is 17.0. The lowest BCUT2D eigenvalue weighted by atomic mass is 10.0. The Balaban J connectivity index is 1.32. The fraction of sp³-hybridized carbons (Fsp3) is 0.750. The smallest absolute Gasteiger partial charge is 0.225 e. The molecule has 1 atom stereocenters. The lowest BCUT2D eigenvalue weighted by Gasteiger charge is -2.36. The van der Waals surface area contributed by atoms with Gasteiger partial charge in [-0.25, -0.2) is 9.97 Å². The molecular weight excluding hydrogens is 338 g/mol. The monoisotopic (exact) mass is 373 g/mol. The molecule has 0 spiro atoms. The highest BCUT2D eigenvalue weighted by Gasteiger charge is 2.21. The van der Waals surface area contributed by atoms with E-state index in [1.807, 2.05) is 13.1 Å². The Hall–Kier alpha value is -1.89. The fourth-order valence-electron chi connectivity index (χ4n) is 4.06. The zero-order valence-electron chi connectivity index (χ0n) is 17.0. The van der Waals surface area contributed by atoms with E-state index in [-0.39, 0.29) is 0 Å². The third-order valence-electron chi connectivity index (χ3n) is 5.55. The van der Waals surface area contributed by atoms with Crippen molar-refractivity contribution < 1.29 is 0 Å². The predicted molar refractivity (Wildman–Crippen MR) is 111 cm³/mol. The SMILES string of the molecule is CN=C(NCCCCN1CCCC(C)C1)N1CCN(c2ncccn2)CC1. The number of rotatable bonds is 6. The number of nitrogens with one attached hydrogen (secondary N) is 1. The third kappa shape index (κ3) is 6.06. The predicted octanol–water partition coefficient (Wildman–Crippen LogP) is 1.69. The number of guanidine groups is 1. The second kappa shape index (κ2) is 10.4. The van der Waals surface area contributed by atoms with Gasteiger partial charge in [0.25, 0.3) is 0 Å². The molecule has 150 valence electrons. The molecule has 7 heteroatoms. The Bertz CT molecular complexity index is 569. The summed E-state index contributed by atoms with van der Waals surface area (Å²) >= 11 is 0. The third-order valence-corrected chi connectivity index (χ3v) is 5.55. The zero-order chi connectivity index (χ0) is 18.9. The van der Waals surface area contributed by atoms with Gasteiger partial charge in [0.15, 0.2) is 5.96 Å². The van der Waals surface area contributed by atoms with Crippen LogP contribution in [-0.4, -0.2) is 85.1 Å². The summed E-state index contributed by atoms with van der Waals surface area (Å²) in [6.45, 7) is 10.9. The van der Waals surface area contributed by atoms with Gasteiger partial charge in [-0.15, -0.1) is 0 Å². The summed E-state index contributed by atoms with van der Waals surface area (Å²) in [6.07, 6.45) is 8.83. The fourth-order valence-corrected chi connectivity index (χ4v) is 4.06. The topological polar surface area (TPSA) is 59.9 Å². The summed E-state index contributed by atoms with van der Waals surface area (Å²) in [6, 6.07) is 1.86. The Morgan fingerprint density at radius 1 is 1.15 bits per heavy atom. The highest BCUT2D eigenvalue weighted by atomic mass is 15.4. The normalized spacial score (nSPS) is 22.1. The van der Waals surface area contributed by atoms with Crippen LogP contribution in [0.1, 0.15) is 32.6 Å². The largest absolute Gasteiger partial charge is 0.356 e. The van der Waals surface area contributed by atoms with Crippen molar-refractivity contribution in [2.24, 2.45) is 10.9 Å². The minimum absolute atomic E-state index is 0.826. The number of likely N-dealkylation sites (tertiary alicyclic amines) is 1. The van der Waals surface area contributed by atoms with E-state index in [2.05, 4.69) is 41.9 Å². The number of nitrogens with zero attached hydrogens (tertiary/aromatic N) is 6. The van der Waals surface area contributed by atoms with Gasteiger partial charge in [0.2, 0.25) is 5.95 Å².